The molecule has 1 unspecified atom stereocenters. The summed E-state index contributed by atoms with van der Waals surface area (Å²) in [5.74, 6) is -0.672. The van der Waals surface area contributed by atoms with Crippen molar-refractivity contribution in [1.29, 1.82) is 0 Å². The largest absolute Gasteiger partial charge is 0.475 e. The maximum absolute atomic E-state index is 13.8. The molecule has 0 saturated heterocycles. The Hall–Kier alpha value is -2.23. The predicted octanol–water partition coefficient (Wildman–Crippen LogP) is 4.68. The highest BCUT2D eigenvalue weighted by Crippen LogP contribution is 2.27. The third-order valence-electron chi connectivity index (χ3n) is 3.84. The van der Waals surface area contributed by atoms with Crippen molar-refractivity contribution in [2.45, 2.75) is 26.3 Å². The van der Waals surface area contributed by atoms with Gasteiger partial charge >= 0.3 is 0 Å². The fourth-order valence-corrected chi connectivity index (χ4v) is 2.73. The number of rotatable bonds is 4. The van der Waals surface area contributed by atoms with Gasteiger partial charge in [0.05, 0.1) is 0 Å². The summed E-state index contributed by atoms with van der Waals surface area (Å²) in [6.45, 7) is 4.66. The molecule has 0 bridgehead atoms. The maximum atomic E-state index is 13.8. The van der Waals surface area contributed by atoms with Crippen LogP contribution in [0.25, 0.3) is 0 Å². The van der Waals surface area contributed by atoms with E-state index in [1.165, 1.54) is 23.8 Å². The van der Waals surface area contributed by atoms with E-state index < -0.39 is 11.6 Å². The van der Waals surface area contributed by atoms with Crippen molar-refractivity contribution in [3.05, 3.63) is 70.8 Å². The van der Waals surface area contributed by atoms with E-state index in [1.54, 1.807) is 0 Å². The molecule has 1 aliphatic heterocycles. The van der Waals surface area contributed by atoms with Gasteiger partial charge in [-0.3, -0.25) is 0 Å². The van der Waals surface area contributed by atoms with Crippen molar-refractivity contribution in [2.24, 2.45) is 10.9 Å². The summed E-state index contributed by atoms with van der Waals surface area (Å²) in [6, 6.07) is 11.7. The molecule has 0 aromatic heterocycles. The molecule has 0 amide bonds. The number of aliphatic imine (C=N–C) groups is 1. The maximum Gasteiger partial charge on any atom is 0.222 e. The Morgan fingerprint density at radius 2 is 1.74 bits per heavy atom. The van der Waals surface area contributed by atoms with E-state index >= 15 is 0 Å². The number of benzene rings is 2. The highest BCUT2D eigenvalue weighted by atomic mass is 19.1. The average Bonchev–Trinajstić information content (AvgIpc) is 2.97. The summed E-state index contributed by atoms with van der Waals surface area (Å²) in [5, 5.41) is 0. The Labute approximate surface area is 134 Å². The molecule has 23 heavy (non-hydrogen) atoms. The minimum atomic E-state index is -0.656. The van der Waals surface area contributed by atoms with E-state index in [0.717, 1.165) is 12.0 Å². The Morgan fingerprint density at radius 1 is 1.09 bits per heavy atom. The monoisotopic (exact) mass is 315 g/mol. The van der Waals surface area contributed by atoms with Gasteiger partial charge in [-0.25, -0.2) is 13.8 Å². The number of hydrogen-bond donors (Lipinski definition) is 0. The van der Waals surface area contributed by atoms with Crippen LogP contribution < -0.4 is 0 Å². The molecule has 3 rings (SSSR count). The molecular formula is C19H19F2NO. The van der Waals surface area contributed by atoms with E-state index in [4.69, 9.17) is 4.74 Å². The van der Waals surface area contributed by atoms with Crippen LogP contribution in [0.1, 0.15) is 36.6 Å². The van der Waals surface area contributed by atoms with Crippen molar-refractivity contribution >= 4 is 5.90 Å². The minimum absolute atomic E-state index is 0.0388. The lowest BCUT2D eigenvalue weighted by Crippen LogP contribution is -2.07. The molecule has 0 fully saturated rings. The molecule has 1 aliphatic rings. The van der Waals surface area contributed by atoms with Gasteiger partial charge in [0.15, 0.2) is 0 Å². The SMILES string of the molecule is CC(C)Cc1ccc(C2COC(c3c(F)cccc3F)=N2)cc1. The summed E-state index contributed by atoms with van der Waals surface area (Å²) < 4.78 is 33.0. The van der Waals surface area contributed by atoms with Gasteiger partial charge in [0.25, 0.3) is 0 Å². The first-order valence-electron chi connectivity index (χ1n) is 7.78. The summed E-state index contributed by atoms with van der Waals surface area (Å²) in [7, 11) is 0. The first-order valence-corrected chi connectivity index (χ1v) is 7.78. The number of halogens is 2. The molecule has 0 N–H and O–H groups in total. The van der Waals surface area contributed by atoms with Gasteiger partial charge in [0.2, 0.25) is 5.90 Å². The van der Waals surface area contributed by atoms with Crippen LogP contribution >= 0.6 is 0 Å². The predicted molar refractivity (Wildman–Crippen MR) is 86.6 cm³/mol. The zero-order valence-electron chi connectivity index (χ0n) is 13.2. The van der Waals surface area contributed by atoms with E-state index in [-0.39, 0.29) is 17.5 Å². The molecule has 4 heteroatoms. The normalized spacial score (nSPS) is 17.3. The quantitative estimate of drug-likeness (QED) is 0.802. The first kappa shape index (κ1) is 15.7. The lowest BCUT2D eigenvalue weighted by molar-refractivity contribution is 0.317. The van der Waals surface area contributed by atoms with Gasteiger partial charge < -0.3 is 4.74 Å². The van der Waals surface area contributed by atoms with E-state index in [9.17, 15) is 8.78 Å². The Bertz CT molecular complexity index is 702. The average molecular weight is 315 g/mol. The van der Waals surface area contributed by atoms with Gasteiger partial charge in [-0.2, -0.15) is 0 Å². The van der Waals surface area contributed by atoms with E-state index in [0.29, 0.717) is 12.5 Å². The zero-order valence-corrected chi connectivity index (χ0v) is 13.2. The highest BCUT2D eigenvalue weighted by molar-refractivity contribution is 5.95. The van der Waals surface area contributed by atoms with Crippen LogP contribution in [0.3, 0.4) is 0 Å². The van der Waals surface area contributed by atoms with Gasteiger partial charge in [-0.15, -0.1) is 0 Å². The summed E-state index contributed by atoms with van der Waals surface area (Å²) in [4.78, 5) is 4.36. The van der Waals surface area contributed by atoms with Crippen LogP contribution in [0.15, 0.2) is 47.5 Å². The lowest BCUT2D eigenvalue weighted by atomic mass is 10.00. The topological polar surface area (TPSA) is 21.6 Å². The standard InChI is InChI=1S/C19H19F2NO/c1-12(2)10-13-6-8-14(9-7-13)17-11-23-19(22-17)18-15(20)4-3-5-16(18)21/h3-9,12,17H,10-11H2,1-2H3. The van der Waals surface area contributed by atoms with Crippen molar-refractivity contribution in [2.75, 3.05) is 6.61 Å². The molecule has 120 valence electrons. The van der Waals surface area contributed by atoms with Gasteiger partial charge in [-0.1, -0.05) is 44.2 Å². The summed E-state index contributed by atoms with van der Waals surface area (Å²) >= 11 is 0. The molecule has 0 radical (unpaired) electrons. The first-order chi connectivity index (χ1) is 11.0. The van der Waals surface area contributed by atoms with Crippen LogP contribution in [-0.4, -0.2) is 12.5 Å². The van der Waals surface area contributed by atoms with Crippen LogP contribution in [0.2, 0.25) is 0 Å². The number of ether oxygens (including phenoxy) is 1. The lowest BCUT2D eigenvalue weighted by Gasteiger charge is -2.08. The van der Waals surface area contributed by atoms with Gasteiger partial charge in [0, 0.05) is 0 Å². The summed E-state index contributed by atoms with van der Waals surface area (Å²) in [5.41, 5.74) is 2.07. The zero-order chi connectivity index (χ0) is 16.4. The minimum Gasteiger partial charge on any atom is -0.475 e. The smallest absolute Gasteiger partial charge is 0.222 e. The van der Waals surface area contributed by atoms with Crippen LogP contribution in [0, 0.1) is 17.6 Å². The number of nitrogens with zero attached hydrogens (tertiary/aromatic N) is 1. The third kappa shape index (κ3) is 3.41. The van der Waals surface area contributed by atoms with E-state index in [1.807, 2.05) is 12.1 Å². The fraction of sp³-hybridized carbons (Fsp3) is 0.316. The molecule has 2 aromatic carbocycles. The number of hydrogen-bond acceptors (Lipinski definition) is 2. The second kappa shape index (κ2) is 6.49. The van der Waals surface area contributed by atoms with Crippen molar-refractivity contribution in [3.8, 4) is 0 Å². The molecule has 0 aliphatic carbocycles. The molecule has 1 heterocycles. The summed E-state index contributed by atoms with van der Waals surface area (Å²) in [6.07, 6.45) is 1.02. The van der Waals surface area contributed by atoms with Crippen molar-refractivity contribution in [3.63, 3.8) is 0 Å². The molecule has 0 spiro atoms. The Morgan fingerprint density at radius 3 is 2.35 bits per heavy atom. The third-order valence-corrected chi connectivity index (χ3v) is 3.84. The van der Waals surface area contributed by atoms with Crippen LogP contribution in [-0.2, 0) is 11.2 Å². The van der Waals surface area contributed by atoms with Crippen molar-refractivity contribution < 1.29 is 13.5 Å². The molecule has 2 nitrogen and oxygen atoms in total. The second-order valence-corrected chi connectivity index (χ2v) is 6.20. The molecule has 1 atom stereocenters. The van der Waals surface area contributed by atoms with Gasteiger partial charge in [0.1, 0.15) is 29.8 Å². The Balaban J connectivity index is 1.82. The van der Waals surface area contributed by atoms with Crippen LogP contribution in [0.4, 0.5) is 8.78 Å². The molecule has 2 aromatic rings. The Kier molecular flexibility index (Phi) is 4.42. The van der Waals surface area contributed by atoms with Crippen molar-refractivity contribution in [1.82, 2.24) is 0 Å². The molecular weight excluding hydrogens is 296 g/mol. The van der Waals surface area contributed by atoms with Gasteiger partial charge in [-0.05, 0) is 35.6 Å². The van der Waals surface area contributed by atoms with Crippen LogP contribution in [0.5, 0.6) is 0 Å². The fourth-order valence-electron chi connectivity index (χ4n) is 2.73. The molecule has 0 saturated carbocycles. The highest BCUT2D eigenvalue weighted by Gasteiger charge is 2.26. The van der Waals surface area contributed by atoms with E-state index in [2.05, 4.69) is 31.0 Å². The second-order valence-electron chi connectivity index (χ2n) is 6.20.